The van der Waals surface area contributed by atoms with Crippen LogP contribution < -0.4 is 9.88 Å². The third-order valence-corrected chi connectivity index (χ3v) is 6.90. The predicted octanol–water partition coefficient (Wildman–Crippen LogP) is 3.23. The number of hydrogen-bond donors (Lipinski definition) is 1. The van der Waals surface area contributed by atoms with Crippen LogP contribution in [0.5, 0.6) is 5.75 Å². The number of carbonyl (C=O) groups is 2. The summed E-state index contributed by atoms with van der Waals surface area (Å²) in [4.78, 5) is 28.4. The van der Waals surface area contributed by atoms with Crippen molar-refractivity contribution in [2.24, 2.45) is 10.6 Å². The van der Waals surface area contributed by atoms with Gasteiger partial charge in [0.1, 0.15) is 12.4 Å². The van der Waals surface area contributed by atoms with E-state index in [-0.39, 0.29) is 29.7 Å². The van der Waals surface area contributed by atoms with E-state index in [0.29, 0.717) is 24.2 Å². The van der Waals surface area contributed by atoms with Crippen molar-refractivity contribution in [2.75, 3.05) is 19.6 Å². The van der Waals surface area contributed by atoms with Crippen molar-refractivity contribution < 1.29 is 40.7 Å². The van der Waals surface area contributed by atoms with Gasteiger partial charge in [-0.15, -0.1) is 13.2 Å². The molecule has 2 N–H and O–H groups in total. The van der Waals surface area contributed by atoms with Gasteiger partial charge in [-0.25, -0.2) is 18.4 Å². The average molecular weight is 526 g/mol. The van der Waals surface area contributed by atoms with Crippen LogP contribution in [0.4, 0.5) is 18.0 Å². The van der Waals surface area contributed by atoms with Crippen molar-refractivity contribution in [2.45, 2.75) is 24.8 Å². The molecule has 2 aromatic carbocycles. The Morgan fingerprint density at radius 1 is 1.06 bits per heavy atom. The van der Waals surface area contributed by atoms with E-state index >= 15 is 0 Å². The summed E-state index contributed by atoms with van der Waals surface area (Å²) >= 11 is 0. The number of likely N-dealkylation sites (tertiary alicyclic amines) is 1. The zero-order valence-corrected chi connectivity index (χ0v) is 19.8. The number of hydrogen-bond acceptors (Lipinski definition) is 6. The fourth-order valence-electron chi connectivity index (χ4n) is 4.17. The number of amides is 2. The van der Waals surface area contributed by atoms with Crippen LogP contribution in [-0.4, -0.2) is 56.2 Å². The smallest absolute Gasteiger partial charge is 0.445 e. The maximum atomic E-state index is 12.9. The van der Waals surface area contributed by atoms with Crippen LogP contribution >= 0.6 is 0 Å². The summed E-state index contributed by atoms with van der Waals surface area (Å²) < 4.78 is 68.7. The van der Waals surface area contributed by atoms with Gasteiger partial charge in [-0.1, -0.05) is 19.1 Å². The standard InChI is InChI=1S/C23H22F3N3O6S/c1-22-13-28(20(30)16-4-8-19(9-5-16)36(27,32)33)10-17(22)11-29(14-22)21(31)34-12-15-2-6-18(7-3-15)35-23(24,25)26/h2-10H,11-14H2,1H3,(H2,27,32,33)/t22-/m0/s1. The van der Waals surface area contributed by atoms with E-state index in [0.717, 1.165) is 17.7 Å². The summed E-state index contributed by atoms with van der Waals surface area (Å²) in [5, 5.41) is 5.08. The van der Waals surface area contributed by atoms with Gasteiger partial charge in [-0.05, 0) is 47.5 Å². The highest BCUT2D eigenvalue weighted by molar-refractivity contribution is 7.89. The van der Waals surface area contributed by atoms with Crippen molar-refractivity contribution in [3.05, 3.63) is 71.4 Å². The Kier molecular flexibility index (Phi) is 6.47. The molecule has 2 aliphatic heterocycles. The molecule has 1 saturated heterocycles. The molecular formula is C23H22F3N3O6S. The number of nitrogens with zero attached hydrogens (tertiary/aromatic N) is 2. The Morgan fingerprint density at radius 2 is 1.69 bits per heavy atom. The van der Waals surface area contributed by atoms with Crippen molar-refractivity contribution in [1.29, 1.82) is 0 Å². The summed E-state index contributed by atoms with van der Waals surface area (Å²) in [6, 6.07) is 10.3. The molecule has 13 heteroatoms. The molecule has 2 amide bonds. The van der Waals surface area contributed by atoms with Crippen molar-refractivity contribution >= 4 is 22.0 Å². The van der Waals surface area contributed by atoms with Crippen LogP contribution in [0.25, 0.3) is 0 Å². The molecule has 0 bridgehead atoms. The van der Waals surface area contributed by atoms with Crippen LogP contribution in [0, 0.1) is 5.41 Å². The van der Waals surface area contributed by atoms with Gasteiger partial charge in [0.2, 0.25) is 10.0 Å². The van der Waals surface area contributed by atoms with E-state index in [2.05, 4.69) is 4.74 Å². The van der Waals surface area contributed by atoms with Gasteiger partial charge < -0.3 is 19.3 Å². The SMILES string of the molecule is C[C@@]12CN(C(=O)c3ccc(S(N)(=O)=O)cc3)C=C1CN(C(=O)OCc1ccc(OC(F)(F)F)cc1)C2. The number of fused-ring (bicyclic) bond motifs is 1. The molecule has 1 atom stereocenters. The quantitative estimate of drug-likeness (QED) is 0.640. The molecule has 0 unspecified atom stereocenters. The lowest BCUT2D eigenvalue weighted by molar-refractivity contribution is -0.274. The van der Waals surface area contributed by atoms with E-state index in [4.69, 9.17) is 9.88 Å². The Morgan fingerprint density at radius 3 is 2.25 bits per heavy atom. The van der Waals surface area contributed by atoms with Crippen LogP contribution in [0.2, 0.25) is 0 Å². The molecule has 2 aliphatic rings. The molecule has 0 radical (unpaired) electrons. The molecule has 2 heterocycles. The van der Waals surface area contributed by atoms with Crippen LogP contribution in [-0.2, 0) is 21.4 Å². The Balaban J connectivity index is 1.34. The van der Waals surface area contributed by atoms with E-state index in [9.17, 15) is 31.2 Å². The molecule has 9 nitrogen and oxygen atoms in total. The number of carbonyl (C=O) groups excluding carboxylic acids is 2. The van der Waals surface area contributed by atoms with Crippen molar-refractivity contribution in [3.63, 3.8) is 0 Å². The predicted molar refractivity (Wildman–Crippen MR) is 120 cm³/mol. The minimum Gasteiger partial charge on any atom is -0.445 e. The zero-order chi connectivity index (χ0) is 26.3. The van der Waals surface area contributed by atoms with Gasteiger partial charge in [-0.2, -0.15) is 0 Å². The number of sulfonamides is 1. The summed E-state index contributed by atoms with van der Waals surface area (Å²) in [5.74, 6) is -0.685. The third-order valence-electron chi connectivity index (χ3n) is 5.98. The highest BCUT2D eigenvalue weighted by Crippen LogP contribution is 2.41. The van der Waals surface area contributed by atoms with Gasteiger partial charge in [0.05, 0.1) is 4.90 Å². The van der Waals surface area contributed by atoms with Gasteiger partial charge in [0.25, 0.3) is 5.91 Å². The molecule has 4 rings (SSSR count). The largest absolute Gasteiger partial charge is 0.573 e. The molecule has 192 valence electrons. The number of benzene rings is 2. The highest BCUT2D eigenvalue weighted by Gasteiger charge is 2.46. The number of ether oxygens (including phenoxy) is 2. The normalized spacial score (nSPS) is 19.6. The molecule has 0 spiro atoms. The van der Waals surface area contributed by atoms with Gasteiger partial charge in [0.15, 0.2) is 0 Å². The number of rotatable bonds is 5. The third kappa shape index (κ3) is 5.62. The Labute approximate surface area is 204 Å². The molecule has 0 saturated carbocycles. The number of primary sulfonamides is 1. The van der Waals surface area contributed by atoms with E-state index in [1.54, 1.807) is 6.20 Å². The lowest BCUT2D eigenvalue weighted by Gasteiger charge is -2.25. The minimum atomic E-state index is -4.79. The van der Waals surface area contributed by atoms with Crippen LogP contribution in [0.1, 0.15) is 22.8 Å². The molecule has 1 fully saturated rings. The monoisotopic (exact) mass is 525 g/mol. The zero-order valence-electron chi connectivity index (χ0n) is 19.0. The van der Waals surface area contributed by atoms with Gasteiger partial charge >= 0.3 is 12.5 Å². The van der Waals surface area contributed by atoms with Crippen LogP contribution in [0.3, 0.4) is 0 Å². The molecule has 2 aromatic rings. The minimum absolute atomic E-state index is 0.0950. The maximum Gasteiger partial charge on any atom is 0.573 e. The van der Waals surface area contributed by atoms with Crippen molar-refractivity contribution in [3.8, 4) is 5.75 Å². The second-order valence-corrected chi connectivity index (χ2v) is 10.4. The first kappa shape index (κ1) is 25.5. The van der Waals surface area contributed by atoms with E-state index in [1.807, 2.05) is 6.92 Å². The second-order valence-electron chi connectivity index (χ2n) is 8.82. The van der Waals surface area contributed by atoms with E-state index < -0.39 is 27.9 Å². The van der Waals surface area contributed by atoms with Gasteiger partial charge in [0, 0.05) is 36.8 Å². The Hall–Kier alpha value is -3.58. The second kappa shape index (κ2) is 9.13. The van der Waals surface area contributed by atoms with E-state index in [1.165, 1.54) is 46.2 Å². The first-order valence-electron chi connectivity index (χ1n) is 10.6. The first-order valence-corrected chi connectivity index (χ1v) is 12.2. The first-order chi connectivity index (χ1) is 16.7. The highest BCUT2D eigenvalue weighted by atomic mass is 32.2. The fraction of sp³-hybridized carbons (Fsp3) is 0.304. The lowest BCUT2D eigenvalue weighted by Crippen LogP contribution is -2.37. The molecule has 36 heavy (non-hydrogen) atoms. The van der Waals surface area contributed by atoms with Crippen molar-refractivity contribution in [1.82, 2.24) is 9.80 Å². The number of nitrogens with two attached hydrogens (primary N) is 1. The number of halogens is 3. The Bertz CT molecular complexity index is 1310. The molecular weight excluding hydrogens is 503 g/mol. The maximum absolute atomic E-state index is 12.9. The summed E-state index contributed by atoms with van der Waals surface area (Å²) in [7, 11) is -3.86. The summed E-state index contributed by atoms with van der Waals surface area (Å²) in [6.07, 6.45) is -3.69. The summed E-state index contributed by atoms with van der Waals surface area (Å²) in [6.45, 7) is 2.67. The number of alkyl halides is 3. The topological polar surface area (TPSA) is 119 Å². The van der Waals surface area contributed by atoms with Crippen LogP contribution in [0.15, 0.2) is 65.2 Å². The lowest BCUT2D eigenvalue weighted by atomic mass is 9.88. The molecule has 0 aliphatic carbocycles. The fourth-order valence-corrected chi connectivity index (χ4v) is 4.68. The average Bonchev–Trinajstić information content (AvgIpc) is 3.28. The van der Waals surface area contributed by atoms with Gasteiger partial charge in [-0.3, -0.25) is 4.79 Å². The summed E-state index contributed by atoms with van der Waals surface area (Å²) in [5.41, 5.74) is 1.17. The molecule has 0 aromatic heterocycles.